The van der Waals surface area contributed by atoms with Crippen molar-refractivity contribution in [3.05, 3.63) is 41.1 Å². The minimum Gasteiger partial charge on any atom is -0.461 e. The molecule has 1 aromatic heterocycles. The number of ether oxygens (including phenoxy) is 1. The van der Waals surface area contributed by atoms with Crippen molar-refractivity contribution in [2.45, 2.75) is 20.8 Å². The highest BCUT2D eigenvalue weighted by Gasteiger charge is 2.12. The van der Waals surface area contributed by atoms with E-state index in [9.17, 15) is 4.79 Å². The first kappa shape index (κ1) is 12.4. The fraction of sp³-hybridized carbons (Fsp3) is 0.286. The number of nitrogens with one attached hydrogen (secondary N) is 1. The molecular weight excluding hydrogens is 228 g/mol. The zero-order valence-corrected chi connectivity index (χ0v) is 10.8. The Morgan fingerprint density at radius 1 is 1.33 bits per heavy atom. The number of esters is 1. The normalized spacial score (nSPS) is 10.4. The third kappa shape index (κ3) is 2.42. The summed E-state index contributed by atoms with van der Waals surface area (Å²) in [5.74, 6) is -0.374. The van der Waals surface area contributed by atoms with Crippen molar-refractivity contribution in [3.8, 4) is 11.3 Å². The molecule has 2 rings (SSSR count). The van der Waals surface area contributed by atoms with Gasteiger partial charge in [-0.25, -0.2) is 4.79 Å². The first-order valence-corrected chi connectivity index (χ1v) is 5.92. The molecule has 4 heteroatoms. The molecule has 0 aliphatic carbocycles. The lowest BCUT2D eigenvalue weighted by Crippen LogP contribution is -2.04. The molecule has 0 unspecified atom stereocenters. The van der Waals surface area contributed by atoms with Crippen molar-refractivity contribution < 1.29 is 9.53 Å². The van der Waals surface area contributed by atoms with E-state index in [1.165, 1.54) is 5.56 Å². The minimum atomic E-state index is -0.374. The predicted octanol–water partition coefficient (Wildman–Crippen LogP) is 2.87. The third-order valence-corrected chi connectivity index (χ3v) is 2.73. The summed E-state index contributed by atoms with van der Waals surface area (Å²) in [7, 11) is 0. The second-order valence-corrected chi connectivity index (χ2v) is 4.21. The molecule has 1 heterocycles. The Labute approximate surface area is 106 Å². The Morgan fingerprint density at radius 2 is 2.11 bits per heavy atom. The quantitative estimate of drug-likeness (QED) is 0.845. The average molecular weight is 244 g/mol. The van der Waals surface area contributed by atoms with E-state index >= 15 is 0 Å². The zero-order chi connectivity index (χ0) is 13.1. The van der Waals surface area contributed by atoms with Crippen LogP contribution in [0, 0.1) is 13.8 Å². The summed E-state index contributed by atoms with van der Waals surface area (Å²) in [6.07, 6.45) is 0. The van der Waals surface area contributed by atoms with Crippen molar-refractivity contribution in [1.82, 2.24) is 10.2 Å². The summed E-state index contributed by atoms with van der Waals surface area (Å²) in [5, 5.41) is 6.86. The molecular formula is C14H16N2O2. The maximum Gasteiger partial charge on any atom is 0.356 e. The van der Waals surface area contributed by atoms with Gasteiger partial charge in [0.2, 0.25) is 0 Å². The van der Waals surface area contributed by atoms with E-state index in [1.54, 1.807) is 13.0 Å². The number of carbonyl (C=O) groups is 1. The van der Waals surface area contributed by atoms with E-state index in [1.807, 2.05) is 26.0 Å². The molecule has 0 fully saturated rings. The maximum atomic E-state index is 11.5. The molecule has 0 saturated heterocycles. The fourth-order valence-corrected chi connectivity index (χ4v) is 1.87. The highest BCUT2D eigenvalue weighted by atomic mass is 16.5. The number of aromatic amines is 1. The van der Waals surface area contributed by atoms with E-state index in [0.717, 1.165) is 16.8 Å². The Morgan fingerprint density at radius 3 is 2.78 bits per heavy atom. The molecule has 1 aromatic carbocycles. The average Bonchev–Trinajstić information content (AvgIpc) is 2.78. The van der Waals surface area contributed by atoms with Gasteiger partial charge in [-0.3, -0.25) is 5.10 Å². The topological polar surface area (TPSA) is 55.0 Å². The number of benzene rings is 1. The van der Waals surface area contributed by atoms with Gasteiger partial charge < -0.3 is 4.74 Å². The molecule has 2 aromatic rings. The number of aromatic nitrogens is 2. The van der Waals surface area contributed by atoms with Crippen LogP contribution < -0.4 is 0 Å². The summed E-state index contributed by atoms with van der Waals surface area (Å²) < 4.78 is 4.92. The molecule has 4 nitrogen and oxygen atoms in total. The second kappa shape index (κ2) is 5.04. The van der Waals surface area contributed by atoms with Gasteiger partial charge in [-0.15, -0.1) is 0 Å². The number of rotatable bonds is 3. The summed E-state index contributed by atoms with van der Waals surface area (Å²) in [6, 6.07) is 7.85. The van der Waals surface area contributed by atoms with Crippen LogP contribution in [-0.4, -0.2) is 22.8 Å². The predicted molar refractivity (Wildman–Crippen MR) is 69.5 cm³/mol. The molecule has 0 bridgehead atoms. The number of nitrogens with zero attached hydrogens (tertiary/aromatic N) is 1. The molecule has 1 N–H and O–H groups in total. The van der Waals surface area contributed by atoms with Gasteiger partial charge >= 0.3 is 5.97 Å². The first-order valence-electron chi connectivity index (χ1n) is 5.92. The number of H-pyrrole nitrogens is 1. The highest BCUT2D eigenvalue weighted by molar-refractivity contribution is 5.88. The molecule has 0 spiro atoms. The lowest BCUT2D eigenvalue weighted by Gasteiger charge is -2.02. The Hall–Kier alpha value is -2.10. The van der Waals surface area contributed by atoms with Crippen LogP contribution in [0.25, 0.3) is 11.3 Å². The van der Waals surface area contributed by atoms with Crippen LogP contribution >= 0.6 is 0 Å². The smallest absolute Gasteiger partial charge is 0.356 e. The number of aryl methyl sites for hydroxylation is 2. The van der Waals surface area contributed by atoms with Crippen LogP contribution in [-0.2, 0) is 4.74 Å². The molecule has 94 valence electrons. The van der Waals surface area contributed by atoms with Crippen molar-refractivity contribution in [1.29, 1.82) is 0 Å². The molecule has 0 amide bonds. The first-order chi connectivity index (χ1) is 8.61. The van der Waals surface area contributed by atoms with Crippen LogP contribution in [0.5, 0.6) is 0 Å². The number of hydrogen-bond donors (Lipinski definition) is 1. The van der Waals surface area contributed by atoms with Gasteiger partial charge in [0.25, 0.3) is 0 Å². The van der Waals surface area contributed by atoms with Crippen molar-refractivity contribution in [2.75, 3.05) is 6.61 Å². The molecule has 0 saturated carbocycles. The van der Waals surface area contributed by atoms with E-state index in [0.29, 0.717) is 12.3 Å². The molecule has 0 atom stereocenters. The van der Waals surface area contributed by atoms with Crippen molar-refractivity contribution in [3.63, 3.8) is 0 Å². The van der Waals surface area contributed by atoms with Crippen molar-refractivity contribution >= 4 is 5.97 Å². The van der Waals surface area contributed by atoms with Gasteiger partial charge in [0.1, 0.15) is 5.69 Å². The van der Waals surface area contributed by atoms with Crippen LogP contribution in [0.1, 0.15) is 28.5 Å². The van der Waals surface area contributed by atoms with Crippen LogP contribution in [0.4, 0.5) is 0 Å². The summed E-state index contributed by atoms with van der Waals surface area (Å²) in [4.78, 5) is 11.5. The lowest BCUT2D eigenvalue weighted by atomic mass is 10.0. The monoisotopic (exact) mass is 244 g/mol. The summed E-state index contributed by atoms with van der Waals surface area (Å²) in [6.45, 7) is 6.21. The number of hydrogen-bond acceptors (Lipinski definition) is 3. The van der Waals surface area contributed by atoms with Gasteiger partial charge in [-0.05, 0) is 32.4 Å². The summed E-state index contributed by atoms with van der Waals surface area (Å²) in [5.41, 5.74) is 4.50. The second-order valence-electron chi connectivity index (χ2n) is 4.21. The fourth-order valence-electron chi connectivity index (χ4n) is 1.87. The molecule has 18 heavy (non-hydrogen) atoms. The summed E-state index contributed by atoms with van der Waals surface area (Å²) >= 11 is 0. The van der Waals surface area contributed by atoms with Gasteiger partial charge in [-0.1, -0.05) is 23.8 Å². The van der Waals surface area contributed by atoms with Crippen LogP contribution in [0.15, 0.2) is 24.3 Å². The third-order valence-electron chi connectivity index (χ3n) is 2.73. The lowest BCUT2D eigenvalue weighted by molar-refractivity contribution is 0.0519. The van der Waals surface area contributed by atoms with Gasteiger partial charge in [-0.2, -0.15) is 5.10 Å². The van der Waals surface area contributed by atoms with E-state index < -0.39 is 0 Å². The van der Waals surface area contributed by atoms with E-state index in [-0.39, 0.29) is 5.97 Å². The van der Waals surface area contributed by atoms with Crippen molar-refractivity contribution in [2.24, 2.45) is 0 Å². The number of carbonyl (C=O) groups excluding carboxylic acids is 1. The van der Waals surface area contributed by atoms with Gasteiger partial charge in [0, 0.05) is 5.56 Å². The van der Waals surface area contributed by atoms with Crippen LogP contribution in [0.3, 0.4) is 0 Å². The van der Waals surface area contributed by atoms with E-state index in [2.05, 4.69) is 16.3 Å². The van der Waals surface area contributed by atoms with Crippen LogP contribution in [0.2, 0.25) is 0 Å². The standard InChI is InChI=1S/C14H16N2O2/c1-4-18-14(17)13-8-12(15-16-13)11-6-5-9(2)7-10(11)3/h5-8H,4H2,1-3H3,(H,15,16). The molecule has 0 aliphatic heterocycles. The Kier molecular flexibility index (Phi) is 3.46. The van der Waals surface area contributed by atoms with Gasteiger partial charge in [0.15, 0.2) is 0 Å². The highest BCUT2D eigenvalue weighted by Crippen LogP contribution is 2.23. The Balaban J connectivity index is 2.32. The minimum absolute atomic E-state index is 0.358. The zero-order valence-electron chi connectivity index (χ0n) is 10.8. The molecule has 0 radical (unpaired) electrons. The maximum absolute atomic E-state index is 11.5. The van der Waals surface area contributed by atoms with Gasteiger partial charge in [0.05, 0.1) is 12.3 Å². The van der Waals surface area contributed by atoms with E-state index in [4.69, 9.17) is 4.74 Å². The SMILES string of the molecule is CCOC(=O)c1cc(-c2ccc(C)cc2C)n[nH]1. The molecule has 0 aliphatic rings. The largest absolute Gasteiger partial charge is 0.461 e. The Bertz CT molecular complexity index is 573.